The molecule has 64 valence electrons. The highest BCUT2D eigenvalue weighted by Gasteiger charge is 2.34. The summed E-state index contributed by atoms with van der Waals surface area (Å²) >= 11 is 5.82. The topological polar surface area (TPSA) is 43.1 Å². The molecule has 1 fully saturated rings. The summed E-state index contributed by atoms with van der Waals surface area (Å²) in [4.78, 5) is 10.3. The van der Waals surface area contributed by atoms with Crippen LogP contribution in [0, 0.1) is 16.0 Å². The minimum absolute atomic E-state index is 0.0154. The lowest BCUT2D eigenvalue weighted by Gasteiger charge is -2.24. The Labute approximate surface area is 70.9 Å². The van der Waals surface area contributed by atoms with E-state index >= 15 is 0 Å². The van der Waals surface area contributed by atoms with Crippen molar-refractivity contribution in [2.24, 2.45) is 5.92 Å². The summed E-state index contributed by atoms with van der Waals surface area (Å²) in [6.45, 7) is 1.93. The zero-order chi connectivity index (χ0) is 8.43. The van der Waals surface area contributed by atoms with Crippen molar-refractivity contribution in [3.8, 4) is 0 Å². The molecule has 11 heavy (non-hydrogen) atoms. The van der Waals surface area contributed by atoms with E-state index in [9.17, 15) is 10.1 Å². The van der Waals surface area contributed by atoms with E-state index in [-0.39, 0.29) is 16.2 Å². The Morgan fingerprint density at radius 3 is 2.64 bits per heavy atom. The predicted molar refractivity (Wildman–Crippen MR) is 43.4 cm³/mol. The van der Waals surface area contributed by atoms with Gasteiger partial charge in [-0.3, -0.25) is 10.1 Å². The van der Waals surface area contributed by atoms with Gasteiger partial charge in [-0.25, -0.2) is 0 Å². The van der Waals surface area contributed by atoms with Crippen molar-refractivity contribution < 1.29 is 4.92 Å². The summed E-state index contributed by atoms with van der Waals surface area (Å²) in [5.41, 5.74) is 0. The van der Waals surface area contributed by atoms with Crippen LogP contribution in [0.15, 0.2) is 0 Å². The van der Waals surface area contributed by atoms with Crippen molar-refractivity contribution >= 4 is 11.6 Å². The van der Waals surface area contributed by atoms with Gasteiger partial charge in [-0.15, -0.1) is 11.6 Å². The predicted octanol–water partition coefficient (Wildman–Crippen LogP) is 2.06. The summed E-state index contributed by atoms with van der Waals surface area (Å²) in [7, 11) is 0. The second-order valence-corrected chi connectivity index (χ2v) is 3.86. The quantitative estimate of drug-likeness (QED) is 0.350. The van der Waals surface area contributed by atoms with Gasteiger partial charge in [0.1, 0.15) is 0 Å². The Balaban J connectivity index is 2.54. The van der Waals surface area contributed by atoms with Crippen LogP contribution in [0.5, 0.6) is 0 Å². The van der Waals surface area contributed by atoms with Crippen LogP contribution < -0.4 is 0 Å². The van der Waals surface area contributed by atoms with Crippen LogP contribution in [-0.4, -0.2) is 16.3 Å². The van der Waals surface area contributed by atoms with Crippen LogP contribution in [0.3, 0.4) is 0 Å². The monoisotopic (exact) mass is 177 g/mol. The molecule has 0 spiro atoms. The first kappa shape index (κ1) is 8.78. The van der Waals surface area contributed by atoms with Crippen molar-refractivity contribution in [2.45, 2.75) is 37.6 Å². The minimum atomic E-state index is -0.411. The van der Waals surface area contributed by atoms with Crippen molar-refractivity contribution in [3.63, 3.8) is 0 Å². The number of hydrogen-bond acceptors (Lipinski definition) is 2. The molecule has 0 amide bonds. The molecule has 1 aliphatic carbocycles. The highest BCUT2D eigenvalue weighted by atomic mass is 35.5. The van der Waals surface area contributed by atoms with Crippen molar-refractivity contribution in [3.05, 3.63) is 10.1 Å². The number of nitro groups is 1. The molecular weight excluding hydrogens is 166 g/mol. The van der Waals surface area contributed by atoms with Crippen LogP contribution in [0.2, 0.25) is 0 Å². The Morgan fingerprint density at radius 1 is 1.55 bits per heavy atom. The fourth-order valence-electron chi connectivity index (χ4n) is 1.54. The molecule has 3 atom stereocenters. The van der Waals surface area contributed by atoms with Gasteiger partial charge in [-0.1, -0.05) is 6.92 Å². The summed E-state index contributed by atoms with van der Waals surface area (Å²) in [6, 6.07) is -0.411. The highest BCUT2D eigenvalue weighted by molar-refractivity contribution is 6.20. The first-order valence-electron chi connectivity index (χ1n) is 3.89. The lowest BCUT2D eigenvalue weighted by Crippen LogP contribution is -2.34. The molecule has 0 aromatic carbocycles. The highest BCUT2D eigenvalue weighted by Crippen LogP contribution is 2.29. The summed E-state index contributed by atoms with van der Waals surface area (Å²) in [5.74, 6) is 0.194. The maximum atomic E-state index is 10.5. The van der Waals surface area contributed by atoms with Crippen molar-refractivity contribution in [1.82, 2.24) is 0 Å². The molecule has 0 saturated heterocycles. The average Bonchev–Trinajstić information content (AvgIpc) is 1.94. The number of rotatable bonds is 1. The first-order chi connectivity index (χ1) is 5.11. The standard InChI is InChI=1S/C7H12ClNO2/c1-5-2-3-6(8)4-7(5)9(10)11/h5-7H,2-4H2,1H3. The zero-order valence-electron chi connectivity index (χ0n) is 6.50. The number of alkyl halides is 1. The molecule has 1 rings (SSSR count). The zero-order valence-corrected chi connectivity index (χ0v) is 7.25. The molecule has 3 nitrogen and oxygen atoms in total. The second-order valence-electron chi connectivity index (χ2n) is 3.24. The molecule has 4 heteroatoms. The van der Waals surface area contributed by atoms with Gasteiger partial charge in [-0.05, 0) is 12.8 Å². The van der Waals surface area contributed by atoms with E-state index in [1.165, 1.54) is 0 Å². The molecule has 1 aliphatic rings. The number of halogens is 1. The Morgan fingerprint density at radius 2 is 2.18 bits per heavy atom. The van der Waals surface area contributed by atoms with Gasteiger partial charge >= 0.3 is 0 Å². The van der Waals surface area contributed by atoms with Gasteiger partial charge < -0.3 is 0 Å². The van der Waals surface area contributed by atoms with Gasteiger partial charge in [0.2, 0.25) is 6.04 Å². The molecule has 1 saturated carbocycles. The van der Waals surface area contributed by atoms with Crippen LogP contribution in [0.1, 0.15) is 26.2 Å². The van der Waals surface area contributed by atoms with Gasteiger partial charge in [0.15, 0.2) is 0 Å². The third-order valence-corrected chi connectivity index (χ3v) is 2.76. The maximum Gasteiger partial charge on any atom is 0.217 e. The van der Waals surface area contributed by atoms with Gasteiger partial charge in [-0.2, -0.15) is 0 Å². The lowest BCUT2D eigenvalue weighted by atomic mass is 9.86. The molecule has 0 heterocycles. The SMILES string of the molecule is CC1CCC(Cl)CC1[N+](=O)[O-]. The van der Waals surface area contributed by atoms with Gasteiger partial charge in [0.05, 0.1) is 0 Å². The molecule has 3 unspecified atom stereocenters. The van der Waals surface area contributed by atoms with Crippen molar-refractivity contribution in [1.29, 1.82) is 0 Å². The normalized spacial score (nSPS) is 38.5. The maximum absolute atomic E-state index is 10.5. The molecule has 0 bridgehead atoms. The fraction of sp³-hybridized carbons (Fsp3) is 1.00. The summed E-state index contributed by atoms with van der Waals surface area (Å²) in [6.07, 6.45) is 2.35. The van der Waals surface area contributed by atoms with E-state index in [1.54, 1.807) is 0 Å². The molecule has 0 aromatic rings. The Bertz CT molecular complexity index is 163. The Kier molecular flexibility index (Phi) is 2.71. The van der Waals surface area contributed by atoms with Gasteiger partial charge in [0.25, 0.3) is 0 Å². The van der Waals surface area contributed by atoms with E-state index in [0.717, 1.165) is 12.8 Å². The van der Waals surface area contributed by atoms with E-state index in [2.05, 4.69) is 0 Å². The van der Waals surface area contributed by atoms with E-state index < -0.39 is 6.04 Å². The number of nitrogens with zero attached hydrogens (tertiary/aromatic N) is 1. The van der Waals surface area contributed by atoms with E-state index in [4.69, 9.17) is 11.6 Å². The smallest absolute Gasteiger partial charge is 0.217 e. The molecule has 0 aliphatic heterocycles. The largest absolute Gasteiger partial charge is 0.264 e. The average molecular weight is 178 g/mol. The molecule has 0 N–H and O–H groups in total. The Hall–Kier alpha value is -0.310. The van der Waals surface area contributed by atoms with E-state index in [1.807, 2.05) is 6.92 Å². The third-order valence-electron chi connectivity index (χ3n) is 2.36. The third kappa shape index (κ3) is 2.06. The van der Waals surface area contributed by atoms with Crippen LogP contribution in [0.4, 0.5) is 0 Å². The summed E-state index contributed by atoms with van der Waals surface area (Å²) < 4.78 is 0. The van der Waals surface area contributed by atoms with Gasteiger partial charge in [0, 0.05) is 22.6 Å². The molecular formula is C7H12ClNO2. The van der Waals surface area contributed by atoms with Crippen LogP contribution in [0.25, 0.3) is 0 Å². The second kappa shape index (κ2) is 3.39. The molecule has 0 radical (unpaired) electrons. The first-order valence-corrected chi connectivity index (χ1v) is 4.32. The van der Waals surface area contributed by atoms with Crippen LogP contribution in [-0.2, 0) is 0 Å². The number of hydrogen-bond donors (Lipinski definition) is 0. The molecule has 0 aromatic heterocycles. The lowest BCUT2D eigenvalue weighted by molar-refractivity contribution is -0.534. The van der Waals surface area contributed by atoms with E-state index in [0.29, 0.717) is 6.42 Å². The minimum Gasteiger partial charge on any atom is -0.264 e. The van der Waals surface area contributed by atoms with Crippen LogP contribution >= 0.6 is 11.6 Å². The summed E-state index contributed by atoms with van der Waals surface area (Å²) in [5, 5.41) is 10.5. The van der Waals surface area contributed by atoms with Crippen molar-refractivity contribution in [2.75, 3.05) is 0 Å². The fourth-order valence-corrected chi connectivity index (χ4v) is 1.85.